The van der Waals surface area contributed by atoms with Gasteiger partial charge in [-0.3, -0.25) is 0 Å². The van der Waals surface area contributed by atoms with Crippen molar-refractivity contribution in [2.24, 2.45) is 0 Å². The number of hydrogen-bond acceptors (Lipinski definition) is 6. The minimum absolute atomic E-state index is 0.138. The van der Waals surface area contributed by atoms with E-state index in [-0.39, 0.29) is 18.5 Å². The molecule has 1 atom stereocenters. The Balaban J connectivity index is 1.48. The topological polar surface area (TPSA) is 75.3 Å². The van der Waals surface area contributed by atoms with Gasteiger partial charge in [0, 0.05) is 19.2 Å². The number of pyridine rings is 1. The highest BCUT2D eigenvalue weighted by Gasteiger charge is 2.24. The quantitative estimate of drug-likeness (QED) is 0.759. The lowest BCUT2D eigenvalue weighted by Gasteiger charge is -2.23. The van der Waals surface area contributed by atoms with Crippen molar-refractivity contribution in [2.45, 2.75) is 25.3 Å². The van der Waals surface area contributed by atoms with Gasteiger partial charge in [-0.25, -0.2) is 9.37 Å². The van der Waals surface area contributed by atoms with Crippen molar-refractivity contribution < 1.29 is 14.0 Å². The summed E-state index contributed by atoms with van der Waals surface area (Å²) in [6.07, 6.45) is 4.22. The Morgan fingerprint density at radius 2 is 2.04 bits per heavy atom. The fourth-order valence-electron chi connectivity index (χ4n) is 3.24. The molecule has 1 fully saturated rings. The van der Waals surface area contributed by atoms with Gasteiger partial charge in [-0.1, -0.05) is 17.3 Å². The van der Waals surface area contributed by atoms with Gasteiger partial charge in [-0.2, -0.15) is 4.98 Å². The van der Waals surface area contributed by atoms with E-state index in [0.717, 1.165) is 36.3 Å². The van der Waals surface area contributed by atoms with Crippen LogP contribution >= 0.6 is 0 Å². The van der Waals surface area contributed by atoms with Crippen LogP contribution in [-0.4, -0.2) is 39.4 Å². The Hall–Kier alpha value is -2.80. The number of nitrogens with zero attached hydrogens (tertiary/aromatic N) is 4. The SMILES string of the molecule is OC[C@@H]1CCCN1c1ccc(-c2nc(Cc3ccc(F)cc3)no2)cn1. The van der Waals surface area contributed by atoms with Crippen LogP contribution in [0, 0.1) is 5.82 Å². The number of halogens is 1. The zero-order chi connectivity index (χ0) is 17.9. The molecule has 0 spiro atoms. The van der Waals surface area contributed by atoms with Crippen molar-refractivity contribution in [3.63, 3.8) is 0 Å². The third kappa shape index (κ3) is 3.43. The molecule has 4 rings (SSSR count). The second-order valence-corrected chi connectivity index (χ2v) is 6.40. The fraction of sp³-hybridized carbons (Fsp3) is 0.316. The maximum atomic E-state index is 13.0. The number of aliphatic hydroxyl groups excluding tert-OH is 1. The molecule has 6 nitrogen and oxygen atoms in total. The molecule has 26 heavy (non-hydrogen) atoms. The molecular formula is C19H19FN4O2. The van der Waals surface area contributed by atoms with Gasteiger partial charge in [0.05, 0.1) is 18.2 Å². The Morgan fingerprint density at radius 3 is 2.77 bits per heavy atom. The van der Waals surface area contributed by atoms with Crippen molar-refractivity contribution >= 4 is 5.82 Å². The molecule has 1 aliphatic heterocycles. The summed E-state index contributed by atoms with van der Waals surface area (Å²) >= 11 is 0. The molecule has 1 saturated heterocycles. The van der Waals surface area contributed by atoms with E-state index in [4.69, 9.17) is 4.52 Å². The molecule has 0 aliphatic carbocycles. The molecule has 1 N–H and O–H groups in total. The van der Waals surface area contributed by atoms with E-state index in [1.807, 2.05) is 12.1 Å². The van der Waals surface area contributed by atoms with Gasteiger partial charge >= 0.3 is 0 Å². The summed E-state index contributed by atoms with van der Waals surface area (Å²) < 4.78 is 18.3. The smallest absolute Gasteiger partial charge is 0.259 e. The summed E-state index contributed by atoms with van der Waals surface area (Å²) in [6.45, 7) is 1.04. The summed E-state index contributed by atoms with van der Waals surface area (Å²) in [4.78, 5) is 11.0. The van der Waals surface area contributed by atoms with E-state index in [2.05, 4.69) is 20.0 Å². The fourth-order valence-corrected chi connectivity index (χ4v) is 3.24. The molecule has 1 aromatic carbocycles. The largest absolute Gasteiger partial charge is 0.394 e. The highest BCUT2D eigenvalue weighted by atomic mass is 19.1. The Bertz CT molecular complexity index is 864. The predicted octanol–water partition coefficient (Wildman–Crippen LogP) is 2.82. The molecule has 1 aliphatic rings. The Kier molecular flexibility index (Phi) is 4.62. The van der Waals surface area contributed by atoms with E-state index in [0.29, 0.717) is 18.1 Å². The lowest BCUT2D eigenvalue weighted by molar-refractivity contribution is 0.266. The van der Waals surface area contributed by atoms with Crippen molar-refractivity contribution in [3.8, 4) is 11.5 Å². The van der Waals surface area contributed by atoms with E-state index in [1.54, 1.807) is 18.3 Å². The number of aromatic nitrogens is 3. The predicted molar refractivity (Wildman–Crippen MR) is 94.2 cm³/mol. The monoisotopic (exact) mass is 354 g/mol. The average Bonchev–Trinajstić information content (AvgIpc) is 3.33. The molecule has 3 heterocycles. The van der Waals surface area contributed by atoms with E-state index < -0.39 is 0 Å². The van der Waals surface area contributed by atoms with Crippen LogP contribution in [0.25, 0.3) is 11.5 Å². The first kappa shape index (κ1) is 16.7. The van der Waals surface area contributed by atoms with Gasteiger partial charge < -0.3 is 14.5 Å². The molecule has 7 heteroatoms. The second kappa shape index (κ2) is 7.21. The van der Waals surface area contributed by atoms with Crippen LogP contribution in [0.1, 0.15) is 24.2 Å². The third-order valence-corrected chi connectivity index (χ3v) is 4.62. The number of rotatable bonds is 5. The van der Waals surface area contributed by atoms with Crippen LogP contribution in [0.15, 0.2) is 47.1 Å². The zero-order valence-electron chi connectivity index (χ0n) is 14.2. The van der Waals surface area contributed by atoms with E-state index in [1.165, 1.54) is 12.1 Å². The molecule has 0 bridgehead atoms. The molecule has 134 valence electrons. The lowest BCUT2D eigenvalue weighted by Crippen LogP contribution is -2.32. The number of benzene rings is 1. The Labute approximate surface area is 150 Å². The van der Waals surface area contributed by atoms with Crippen molar-refractivity contribution in [2.75, 3.05) is 18.1 Å². The van der Waals surface area contributed by atoms with Gasteiger partial charge in [0.25, 0.3) is 5.89 Å². The van der Waals surface area contributed by atoms with Crippen LogP contribution in [-0.2, 0) is 6.42 Å². The van der Waals surface area contributed by atoms with Crippen LogP contribution in [0.2, 0.25) is 0 Å². The van der Waals surface area contributed by atoms with Crippen LogP contribution in [0.5, 0.6) is 0 Å². The minimum Gasteiger partial charge on any atom is -0.394 e. The number of aliphatic hydroxyl groups is 1. The number of anilines is 1. The zero-order valence-corrected chi connectivity index (χ0v) is 14.2. The summed E-state index contributed by atoms with van der Waals surface area (Å²) in [6, 6.07) is 10.2. The van der Waals surface area contributed by atoms with Crippen LogP contribution < -0.4 is 4.90 Å². The normalized spacial score (nSPS) is 17.0. The van der Waals surface area contributed by atoms with Crippen LogP contribution in [0.3, 0.4) is 0 Å². The highest BCUT2D eigenvalue weighted by Crippen LogP contribution is 2.25. The molecule has 3 aromatic rings. The summed E-state index contributed by atoms with van der Waals surface area (Å²) in [5.74, 6) is 1.52. The van der Waals surface area contributed by atoms with Crippen molar-refractivity contribution in [3.05, 3.63) is 59.8 Å². The molecule has 2 aromatic heterocycles. The number of hydrogen-bond donors (Lipinski definition) is 1. The molecule has 0 amide bonds. The standard InChI is InChI=1S/C19H19FN4O2/c20-15-6-3-13(4-7-15)10-17-22-19(26-23-17)14-5-8-18(21-11-14)24-9-1-2-16(24)12-25/h3-8,11,16,25H,1-2,9-10,12H2/t16-/m0/s1. The maximum absolute atomic E-state index is 13.0. The van der Waals surface area contributed by atoms with Crippen molar-refractivity contribution in [1.82, 2.24) is 15.1 Å². The summed E-state index contributed by atoms with van der Waals surface area (Å²) in [5.41, 5.74) is 1.66. The third-order valence-electron chi connectivity index (χ3n) is 4.62. The average molecular weight is 354 g/mol. The summed E-state index contributed by atoms with van der Waals surface area (Å²) in [7, 11) is 0. The van der Waals surface area contributed by atoms with Gasteiger partial charge in [-0.05, 0) is 42.7 Å². The first-order valence-electron chi connectivity index (χ1n) is 8.64. The second-order valence-electron chi connectivity index (χ2n) is 6.40. The molecule has 0 unspecified atom stereocenters. The van der Waals surface area contributed by atoms with E-state index >= 15 is 0 Å². The van der Waals surface area contributed by atoms with E-state index in [9.17, 15) is 9.50 Å². The Morgan fingerprint density at radius 1 is 1.19 bits per heavy atom. The van der Waals surface area contributed by atoms with Crippen molar-refractivity contribution in [1.29, 1.82) is 0 Å². The first-order valence-corrected chi connectivity index (χ1v) is 8.64. The maximum Gasteiger partial charge on any atom is 0.259 e. The van der Waals surface area contributed by atoms with Gasteiger partial charge in [-0.15, -0.1) is 0 Å². The van der Waals surface area contributed by atoms with Gasteiger partial charge in [0.2, 0.25) is 0 Å². The molecule has 0 saturated carbocycles. The first-order chi connectivity index (χ1) is 12.7. The molecular weight excluding hydrogens is 335 g/mol. The molecule has 0 radical (unpaired) electrons. The van der Waals surface area contributed by atoms with Gasteiger partial charge in [0.15, 0.2) is 5.82 Å². The van der Waals surface area contributed by atoms with Gasteiger partial charge in [0.1, 0.15) is 11.6 Å². The highest BCUT2D eigenvalue weighted by molar-refractivity contribution is 5.55. The minimum atomic E-state index is -0.268. The van der Waals surface area contributed by atoms with Crippen LogP contribution in [0.4, 0.5) is 10.2 Å². The lowest BCUT2D eigenvalue weighted by atomic mass is 10.1. The summed E-state index contributed by atoms with van der Waals surface area (Å²) in [5, 5.41) is 13.4.